The van der Waals surface area contributed by atoms with E-state index in [9.17, 15) is 9.18 Å². The van der Waals surface area contributed by atoms with Crippen molar-refractivity contribution >= 4 is 22.2 Å². The molecule has 0 bridgehead atoms. The van der Waals surface area contributed by atoms with Crippen LogP contribution in [0.1, 0.15) is 29.9 Å². The molecule has 1 aromatic carbocycles. The van der Waals surface area contributed by atoms with E-state index in [1.807, 2.05) is 6.07 Å². The summed E-state index contributed by atoms with van der Waals surface area (Å²) in [7, 11) is 0. The molecule has 0 amide bonds. The third kappa shape index (κ3) is 4.35. The second-order valence-electron chi connectivity index (χ2n) is 6.95. The number of pyridine rings is 1. The molecule has 5 heteroatoms. The summed E-state index contributed by atoms with van der Waals surface area (Å²) in [6.45, 7) is 8.82. The van der Waals surface area contributed by atoms with Crippen LogP contribution in [-0.2, 0) is 13.1 Å². The minimum Gasteiger partial charge on any atom is -0.322 e. The van der Waals surface area contributed by atoms with Crippen molar-refractivity contribution in [3.63, 3.8) is 0 Å². The first-order valence-electron chi connectivity index (χ1n) is 8.49. The summed E-state index contributed by atoms with van der Waals surface area (Å²) in [6, 6.07) is 8.50. The van der Waals surface area contributed by atoms with Crippen LogP contribution >= 0.6 is 11.3 Å². The first-order valence-corrected chi connectivity index (χ1v) is 9.37. The van der Waals surface area contributed by atoms with Gasteiger partial charge in [-0.1, -0.05) is 13.8 Å². The molecular formula is C20H23FN2OS. The minimum atomic E-state index is -0.342. The molecule has 0 saturated heterocycles. The quantitative estimate of drug-likeness (QED) is 0.693. The molecule has 0 atom stereocenters. The van der Waals surface area contributed by atoms with E-state index in [2.05, 4.69) is 42.1 Å². The molecule has 1 N–H and O–H groups in total. The van der Waals surface area contributed by atoms with Crippen molar-refractivity contribution in [2.45, 2.75) is 33.9 Å². The largest absolute Gasteiger partial charge is 0.322 e. The molecule has 0 spiro atoms. The molecule has 0 aliphatic carbocycles. The monoisotopic (exact) mass is 358 g/mol. The fourth-order valence-corrected chi connectivity index (χ4v) is 3.99. The van der Waals surface area contributed by atoms with Crippen LogP contribution in [0.25, 0.3) is 10.9 Å². The second-order valence-corrected chi connectivity index (χ2v) is 7.95. The third-order valence-corrected chi connectivity index (χ3v) is 5.25. The fraction of sp³-hybridized carbons (Fsp3) is 0.350. The summed E-state index contributed by atoms with van der Waals surface area (Å²) < 4.78 is 13.3. The molecule has 0 saturated carbocycles. The van der Waals surface area contributed by atoms with Crippen LogP contribution in [0.5, 0.6) is 0 Å². The molecule has 3 rings (SSSR count). The highest BCUT2D eigenvalue weighted by Gasteiger charge is 2.14. The van der Waals surface area contributed by atoms with Crippen LogP contribution < -0.4 is 5.56 Å². The van der Waals surface area contributed by atoms with Crippen LogP contribution in [-0.4, -0.2) is 16.4 Å². The summed E-state index contributed by atoms with van der Waals surface area (Å²) >= 11 is 1.75. The zero-order valence-electron chi connectivity index (χ0n) is 14.8. The van der Waals surface area contributed by atoms with E-state index >= 15 is 0 Å². The van der Waals surface area contributed by atoms with Gasteiger partial charge in [0.1, 0.15) is 5.82 Å². The number of fused-ring (bicyclic) bond motifs is 1. The zero-order chi connectivity index (χ0) is 18.0. The van der Waals surface area contributed by atoms with Crippen LogP contribution in [0.4, 0.5) is 4.39 Å². The summed E-state index contributed by atoms with van der Waals surface area (Å²) in [4.78, 5) is 18.9. The lowest BCUT2D eigenvalue weighted by Crippen LogP contribution is -2.29. The van der Waals surface area contributed by atoms with Crippen LogP contribution in [0.2, 0.25) is 0 Å². The Balaban J connectivity index is 1.89. The van der Waals surface area contributed by atoms with E-state index < -0.39 is 0 Å². The molecule has 132 valence electrons. The zero-order valence-corrected chi connectivity index (χ0v) is 15.6. The van der Waals surface area contributed by atoms with Crippen molar-refractivity contribution < 1.29 is 4.39 Å². The molecule has 2 aromatic heterocycles. The van der Waals surface area contributed by atoms with Crippen molar-refractivity contribution in [1.82, 2.24) is 9.88 Å². The van der Waals surface area contributed by atoms with Crippen molar-refractivity contribution in [3.8, 4) is 0 Å². The standard InChI is InChI=1S/C20H23FN2OS/c1-13(2)10-23(12-19-14(3)6-7-25-19)11-16-8-15-4-5-17(21)9-18(15)22-20(16)24/h4-9,13H,10-12H2,1-3H3,(H,22,24). The van der Waals surface area contributed by atoms with Crippen LogP contribution in [0.3, 0.4) is 0 Å². The normalized spacial score (nSPS) is 11.8. The Kier molecular flexibility index (Phi) is 5.35. The van der Waals surface area contributed by atoms with Gasteiger partial charge in [0.25, 0.3) is 5.56 Å². The van der Waals surface area contributed by atoms with Gasteiger partial charge in [-0.2, -0.15) is 0 Å². The predicted molar refractivity (Wildman–Crippen MR) is 103 cm³/mol. The molecule has 3 aromatic rings. The number of benzene rings is 1. The van der Waals surface area contributed by atoms with Crippen LogP contribution in [0.15, 0.2) is 40.5 Å². The summed E-state index contributed by atoms with van der Waals surface area (Å²) in [6.07, 6.45) is 0. The number of nitrogens with zero attached hydrogens (tertiary/aromatic N) is 1. The van der Waals surface area contributed by atoms with Crippen LogP contribution in [0, 0.1) is 18.7 Å². The van der Waals surface area contributed by atoms with Gasteiger partial charge in [-0.3, -0.25) is 9.69 Å². The lowest BCUT2D eigenvalue weighted by atomic mass is 10.1. The summed E-state index contributed by atoms with van der Waals surface area (Å²) in [5.74, 6) is 0.166. The van der Waals surface area contributed by atoms with Gasteiger partial charge in [-0.25, -0.2) is 4.39 Å². The molecule has 0 unspecified atom stereocenters. The summed E-state index contributed by atoms with van der Waals surface area (Å²) in [5, 5.41) is 2.96. The Morgan fingerprint density at radius 3 is 2.68 bits per heavy atom. The Labute approximate surface area is 151 Å². The lowest BCUT2D eigenvalue weighted by Gasteiger charge is -2.24. The minimum absolute atomic E-state index is 0.144. The van der Waals surface area contributed by atoms with E-state index in [4.69, 9.17) is 0 Å². The van der Waals surface area contributed by atoms with E-state index in [0.29, 0.717) is 23.5 Å². The second kappa shape index (κ2) is 7.50. The van der Waals surface area contributed by atoms with Crippen molar-refractivity contribution in [1.29, 1.82) is 0 Å². The van der Waals surface area contributed by atoms with E-state index in [1.54, 1.807) is 17.4 Å². The Morgan fingerprint density at radius 2 is 2.00 bits per heavy atom. The molecular weight excluding hydrogens is 335 g/mol. The predicted octanol–water partition coefficient (Wildman–Crippen LogP) is 4.70. The topological polar surface area (TPSA) is 36.1 Å². The number of aromatic amines is 1. The number of halogens is 1. The Morgan fingerprint density at radius 1 is 1.20 bits per heavy atom. The van der Waals surface area contributed by atoms with Gasteiger partial charge in [-0.05, 0) is 59.5 Å². The molecule has 2 heterocycles. The Hall–Kier alpha value is -1.98. The van der Waals surface area contributed by atoms with Crippen molar-refractivity contribution in [3.05, 3.63) is 67.9 Å². The van der Waals surface area contributed by atoms with Gasteiger partial charge < -0.3 is 4.98 Å². The number of H-pyrrole nitrogens is 1. The number of rotatable bonds is 6. The molecule has 3 nitrogen and oxygen atoms in total. The smallest absolute Gasteiger partial charge is 0.252 e. The number of thiophene rings is 1. The van der Waals surface area contributed by atoms with Gasteiger partial charge in [0.05, 0.1) is 5.52 Å². The SMILES string of the molecule is Cc1ccsc1CN(Cc1cc2ccc(F)cc2[nH]c1=O)CC(C)C. The number of aromatic nitrogens is 1. The first kappa shape index (κ1) is 17.8. The number of hydrogen-bond acceptors (Lipinski definition) is 3. The maximum atomic E-state index is 13.3. The molecule has 0 fully saturated rings. The van der Waals surface area contributed by atoms with Gasteiger partial charge in [-0.15, -0.1) is 11.3 Å². The fourth-order valence-electron chi connectivity index (χ4n) is 3.05. The van der Waals surface area contributed by atoms with E-state index in [-0.39, 0.29) is 11.4 Å². The molecule has 25 heavy (non-hydrogen) atoms. The number of nitrogens with one attached hydrogen (secondary N) is 1. The highest BCUT2D eigenvalue weighted by molar-refractivity contribution is 7.10. The highest BCUT2D eigenvalue weighted by Crippen LogP contribution is 2.20. The maximum absolute atomic E-state index is 13.3. The highest BCUT2D eigenvalue weighted by atomic mass is 32.1. The van der Waals surface area contributed by atoms with Crippen molar-refractivity contribution in [2.24, 2.45) is 5.92 Å². The third-order valence-electron chi connectivity index (χ3n) is 4.24. The number of aryl methyl sites for hydroxylation is 1. The summed E-state index contributed by atoms with van der Waals surface area (Å²) in [5.41, 5.74) is 2.41. The average Bonchev–Trinajstić information content (AvgIpc) is 2.92. The molecule has 0 aliphatic rings. The average molecular weight is 358 g/mol. The molecule has 0 aliphatic heterocycles. The number of hydrogen-bond donors (Lipinski definition) is 1. The first-order chi connectivity index (χ1) is 11.9. The molecule has 0 radical (unpaired) electrons. The van der Waals surface area contributed by atoms with Gasteiger partial charge in [0, 0.05) is 30.1 Å². The van der Waals surface area contributed by atoms with E-state index in [0.717, 1.165) is 18.5 Å². The van der Waals surface area contributed by atoms with Gasteiger partial charge >= 0.3 is 0 Å². The Bertz CT molecular complexity index is 929. The maximum Gasteiger partial charge on any atom is 0.252 e. The van der Waals surface area contributed by atoms with Gasteiger partial charge in [0.2, 0.25) is 0 Å². The lowest BCUT2D eigenvalue weighted by molar-refractivity contribution is 0.228. The van der Waals surface area contributed by atoms with Crippen molar-refractivity contribution in [2.75, 3.05) is 6.54 Å². The van der Waals surface area contributed by atoms with Gasteiger partial charge in [0.15, 0.2) is 0 Å². The van der Waals surface area contributed by atoms with E-state index in [1.165, 1.54) is 22.6 Å².